The quantitative estimate of drug-likeness (QED) is 0.595. The first kappa shape index (κ1) is 19.2. The molecule has 3 heterocycles. The Balaban J connectivity index is 1.51. The molecule has 1 N–H and O–H groups in total. The second-order valence-corrected chi connectivity index (χ2v) is 7.38. The number of esters is 1. The maximum absolute atomic E-state index is 13.0. The molecule has 1 aliphatic heterocycles. The van der Waals surface area contributed by atoms with Gasteiger partial charge in [0.05, 0.1) is 24.4 Å². The molecule has 0 saturated carbocycles. The van der Waals surface area contributed by atoms with Crippen molar-refractivity contribution in [2.24, 2.45) is 0 Å². The largest absolute Gasteiger partial charge is 0.468 e. The Kier molecular flexibility index (Phi) is 5.60. The number of dihydropyridines is 1. The number of allylic oxidation sites excluding steroid dienone is 3. The Morgan fingerprint density at radius 3 is 2.97 bits per heavy atom. The van der Waals surface area contributed by atoms with E-state index >= 15 is 0 Å². The Morgan fingerprint density at radius 2 is 2.21 bits per heavy atom. The van der Waals surface area contributed by atoms with Gasteiger partial charge in [-0.2, -0.15) is 0 Å². The molecule has 0 spiro atoms. The fourth-order valence-corrected chi connectivity index (χ4v) is 4.06. The molecular formula is C23H24N2O4. The lowest BCUT2D eigenvalue weighted by atomic mass is 9.77. The normalized spacial score (nSPS) is 19.1. The summed E-state index contributed by atoms with van der Waals surface area (Å²) in [5.74, 6) is -0.266. The summed E-state index contributed by atoms with van der Waals surface area (Å²) >= 11 is 0. The van der Waals surface area contributed by atoms with E-state index in [0.717, 1.165) is 36.2 Å². The zero-order valence-electron chi connectivity index (χ0n) is 16.4. The standard InChI is InChI=1S/C23H24N2O4/c1-15-20(23(27)29-13-4-7-16-6-3-11-24-14-16)22(19-10-5-12-28-19)21-17(25-15)8-2-9-18(21)26/h3,5-6,10-12,14,22,25H,2,4,7-9,13H2,1H3. The van der Waals surface area contributed by atoms with Crippen LogP contribution in [0.4, 0.5) is 0 Å². The van der Waals surface area contributed by atoms with Crippen molar-refractivity contribution in [1.82, 2.24) is 10.3 Å². The summed E-state index contributed by atoms with van der Waals surface area (Å²) < 4.78 is 11.2. The van der Waals surface area contributed by atoms with Crippen LogP contribution >= 0.6 is 0 Å². The van der Waals surface area contributed by atoms with Crippen molar-refractivity contribution in [2.45, 2.75) is 44.9 Å². The fraction of sp³-hybridized carbons (Fsp3) is 0.348. The van der Waals surface area contributed by atoms with Crippen molar-refractivity contribution >= 4 is 11.8 Å². The van der Waals surface area contributed by atoms with Crippen LogP contribution in [0.5, 0.6) is 0 Å². The molecule has 29 heavy (non-hydrogen) atoms. The van der Waals surface area contributed by atoms with Gasteiger partial charge in [0.15, 0.2) is 5.78 Å². The molecule has 0 bridgehead atoms. The number of carbonyl (C=O) groups is 2. The monoisotopic (exact) mass is 392 g/mol. The molecule has 2 aromatic heterocycles. The van der Waals surface area contributed by atoms with Gasteiger partial charge in [0.1, 0.15) is 5.76 Å². The summed E-state index contributed by atoms with van der Waals surface area (Å²) in [6.07, 6.45) is 8.71. The highest BCUT2D eigenvalue weighted by Gasteiger charge is 2.40. The number of aryl methyl sites for hydroxylation is 1. The second kappa shape index (κ2) is 8.47. The first-order chi connectivity index (χ1) is 14.1. The first-order valence-corrected chi connectivity index (χ1v) is 9.98. The van der Waals surface area contributed by atoms with Crippen LogP contribution in [0, 0.1) is 0 Å². The van der Waals surface area contributed by atoms with Crippen LogP contribution in [0.15, 0.2) is 69.9 Å². The van der Waals surface area contributed by atoms with Crippen LogP contribution in [0.25, 0.3) is 0 Å². The van der Waals surface area contributed by atoms with Gasteiger partial charge in [0.2, 0.25) is 0 Å². The summed E-state index contributed by atoms with van der Waals surface area (Å²) in [5, 5.41) is 3.28. The molecule has 4 rings (SSSR count). The molecule has 2 aliphatic rings. The highest BCUT2D eigenvalue weighted by atomic mass is 16.5. The summed E-state index contributed by atoms with van der Waals surface area (Å²) in [7, 11) is 0. The predicted molar refractivity (Wildman–Crippen MR) is 107 cm³/mol. The van der Waals surface area contributed by atoms with Crippen molar-refractivity contribution in [3.05, 3.63) is 76.8 Å². The molecule has 6 nitrogen and oxygen atoms in total. The van der Waals surface area contributed by atoms with Gasteiger partial charge in [-0.1, -0.05) is 6.07 Å². The predicted octanol–water partition coefficient (Wildman–Crippen LogP) is 3.82. The molecule has 1 atom stereocenters. The lowest BCUT2D eigenvalue weighted by molar-refractivity contribution is -0.139. The van der Waals surface area contributed by atoms with E-state index in [9.17, 15) is 9.59 Å². The summed E-state index contributed by atoms with van der Waals surface area (Å²) in [4.78, 5) is 29.8. The van der Waals surface area contributed by atoms with Crippen molar-refractivity contribution in [2.75, 3.05) is 6.61 Å². The average molecular weight is 392 g/mol. The molecule has 0 amide bonds. The number of carbonyl (C=O) groups excluding carboxylic acids is 2. The zero-order chi connectivity index (χ0) is 20.2. The number of pyridine rings is 1. The average Bonchev–Trinajstić information content (AvgIpc) is 3.25. The van der Waals surface area contributed by atoms with Crippen molar-refractivity contribution in [3.63, 3.8) is 0 Å². The third-order valence-electron chi connectivity index (χ3n) is 5.39. The van der Waals surface area contributed by atoms with Crippen molar-refractivity contribution < 1.29 is 18.7 Å². The van der Waals surface area contributed by atoms with E-state index in [4.69, 9.17) is 9.15 Å². The topological polar surface area (TPSA) is 81.4 Å². The molecular weight excluding hydrogens is 368 g/mol. The highest BCUT2D eigenvalue weighted by Crippen LogP contribution is 2.42. The van der Waals surface area contributed by atoms with E-state index < -0.39 is 11.9 Å². The van der Waals surface area contributed by atoms with Gasteiger partial charge in [-0.05, 0) is 56.4 Å². The third kappa shape index (κ3) is 4.01. The number of furan rings is 1. The van der Waals surface area contributed by atoms with Crippen LogP contribution in [0.1, 0.15) is 49.8 Å². The number of nitrogens with one attached hydrogen (secondary N) is 1. The van der Waals surface area contributed by atoms with Gasteiger partial charge in [-0.3, -0.25) is 9.78 Å². The summed E-state index contributed by atoms with van der Waals surface area (Å²) in [5.41, 5.74) is 3.81. The SMILES string of the molecule is CC1=C(C(=O)OCCCc2cccnc2)C(c2ccco2)C2=C(CCCC2=O)N1. The van der Waals surface area contributed by atoms with Crippen LogP contribution < -0.4 is 5.32 Å². The van der Waals surface area contributed by atoms with Crippen molar-refractivity contribution in [3.8, 4) is 0 Å². The third-order valence-corrected chi connectivity index (χ3v) is 5.39. The maximum atomic E-state index is 13.0. The smallest absolute Gasteiger partial charge is 0.336 e. The Hall–Kier alpha value is -3.15. The molecule has 0 fully saturated rings. The second-order valence-electron chi connectivity index (χ2n) is 7.38. The Morgan fingerprint density at radius 1 is 1.31 bits per heavy atom. The Bertz CT molecular complexity index is 958. The van der Waals surface area contributed by atoms with Crippen LogP contribution in [0.2, 0.25) is 0 Å². The van der Waals surface area contributed by atoms with Gasteiger partial charge in [-0.15, -0.1) is 0 Å². The number of rotatable bonds is 6. The van der Waals surface area contributed by atoms with E-state index in [0.29, 0.717) is 36.4 Å². The van der Waals surface area contributed by atoms with Gasteiger partial charge >= 0.3 is 5.97 Å². The molecule has 0 aromatic carbocycles. The number of hydrogen-bond acceptors (Lipinski definition) is 6. The molecule has 1 aliphatic carbocycles. The number of Topliss-reactive ketones (excluding diaryl/α,β-unsaturated/α-hetero) is 1. The van der Waals surface area contributed by atoms with E-state index in [-0.39, 0.29) is 5.78 Å². The lowest BCUT2D eigenvalue weighted by Gasteiger charge is -2.32. The number of hydrogen-bond donors (Lipinski definition) is 1. The van der Waals surface area contributed by atoms with Gasteiger partial charge < -0.3 is 14.5 Å². The molecule has 1 unspecified atom stereocenters. The minimum atomic E-state index is -0.514. The van der Waals surface area contributed by atoms with Gasteiger partial charge in [0.25, 0.3) is 0 Å². The van der Waals surface area contributed by atoms with Crippen molar-refractivity contribution in [1.29, 1.82) is 0 Å². The fourth-order valence-electron chi connectivity index (χ4n) is 4.06. The minimum Gasteiger partial charge on any atom is -0.468 e. The minimum absolute atomic E-state index is 0.0644. The van der Waals surface area contributed by atoms with Crippen LogP contribution in [-0.2, 0) is 20.7 Å². The lowest BCUT2D eigenvalue weighted by Crippen LogP contribution is -2.34. The Labute approximate surface area is 169 Å². The molecule has 2 aromatic rings. The maximum Gasteiger partial charge on any atom is 0.336 e. The van der Waals surface area contributed by atoms with E-state index in [1.807, 2.05) is 31.3 Å². The van der Waals surface area contributed by atoms with Gasteiger partial charge in [0, 0.05) is 35.8 Å². The summed E-state index contributed by atoms with van der Waals surface area (Å²) in [6.45, 7) is 2.15. The zero-order valence-corrected chi connectivity index (χ0v) is 16.4. The van der Waals surface area contributed by atoms with Crippen LogP contribution in [0.3, 0.4) is 0 Å². The number of aromatic nitrogens is 1. The summed E-state index contributed by atoms with van der Waals surface area (Å²) in [6, 6.07) is 7.48. The van der Waals surface area contributed by atoms with E-state index in [1.54, 1.807) is 18.5 Å². The van der Waals surface area contributed by atoms with E-state index in [2.05, 4.69) is 10.3 Å². The number of nitrogens with zero attached hydrogens (tertiary/aromatic N) is 1. The number of ether oxygens (including phenoxy) is 1. The molecule has 0 saturated heterocycles. The first-order valence-electron chi connectivity index (χ1n) is 9.98. The molecule has 0 radical (unpaired) electrons. The highest BCUT2D eigenvalue weighted by molar-refractivity contribution is 6.03. The van der Waals surface area contributed by atoms with E-state index in [1.165, 1.54) is 0 Å². The van der Waals surface area contributed by atoms with Gasteiger partial charge in [-0.25, -0.2) is 4.79 Å². The number of ketones is 1. The van der Waals surface area contributed by atoms with Crippen LogP contribution in [-0.4, -0.2) is 23.3 Å². The molecule has 6 heteroatoms. The molecule has 150 valence electrons.